The Morgan fingerprint density at radius 1 is 0.944 bits per heavy atom. The summed E-state index contributed by atoms with van der Waals surface area (Å²) in [4.78, 5) is 0. The van der Waals surface area contributed by atoms with Crippen molar-refractivity contribution in [3.8, 4) is 5.75 Å². The molecule has 0 heterocycles. The molecule has 100 valence electrons. The average molecular weight is 309 g/mol. The normalized spacial score (nSPS) is 13.1. The molecule has 1 rings (SSSR count). The van der Waals surface area contributed by atoms with Crippen molar-refractivity contribution in [3.63, 3.8) is 0 Å². The minimum atomic E-state index is -5.36. The Kier molecular flexibility index (Phi) is 4.64. The number of halogens is 7. The minimum absolute atomic E-state index is 0.0300. The van der Waals surface area contributed by atoms with Crippen molar-refractivity contribution in [2.45, 2.75) is 6.36 Å². The van der Waals surface area contributed by atoms with E-state index >= 15 is 0 Å². The van der Waals surface area contributed by atoms with Crippen LogP contribution in [0.2, 0.25) is 10.0 Å². The third-order valence-electron chi connectivity index (χ3n) is 1.40. The van der Waals surface area contributed by atoms with E-state index in [0.717, 1.165) is 12.1 Å². The van der Waals surface area contributed by atoms with Crippen LogP contribution in [-0.2, 0) is 4.74 Å². The number of rotatable bonds is 3. The second-order valence-electron chi connectivity index (χ2n) is 2.80. The highest BCUT2D eigenvalue weighted by Crippen LogP contribution is 2.28. The first-order chi connectivity index (χ1) is 8.17. The van der Waals surface area contributed by atoms with Crippen LogP contribution in [0.5, 0.6) is 5.75 Å². The van der Waals surface area contributed by atoms with Crippen LogP contribution in [0.1, 0.15) is 0 Å². The molecule has 0 aromatic heterocycles. The van der Waals surface area contributed by atoms with Gasteiger partial charge in [-0.3, -0.25) is 0 Å². The molecule has 0 aliphatic carbocycles. The van der Waals surface area contributed by atoms with Crippen molar-refractivity contribution in [2.75, 3.05) is 0 Å². The topological polar surface area (TPSA) is 18.5 Å². The fourth-order valence-electron chi connectivity index (χ4n) is 0.873. The van der Waals surface area contributed by atoms with Gasteiger partial charge in [0.1, 0.15) is 5.75 Å². The van der Waals surface area contributed by atoms with Gasteiger partial charge in [-0.2, -0.15) is 8.78 Å². The van der Waals surface area contributed by atoms with E-state index in [1.807, 2.05) is 0 Å². The van der Waals surface area contributed by atoms with E-state index in [0.29, 0.717) is 0 Å². The lowest BCUT2D eigenvalue weighted by Crippen LogP contribution is -2.12. The van der Waals surface area contributed by atoms with Gasteiger partial charge in [-0.05, 0) is 18.2 Å². The van der Waals surface area contributed by atoms with Crippen molar-refractivity contribution in [3.05, 3.63) is 40.3 Å². The predicted octanol–water partition coefficient (Wildman–Crippen LogP) is 4.97. The fraction of sp³-hybridized carbons (Fsp3) is 0.111. The minimum Gasteiger partial charge on any atom is -0.427 e. The lowest BCUT2D eigenvalue weighted by molar-refractivity contribution is -0.316. The molecular formula is C9H3Cl2F5O2. The van der Waals surface area contributed by atoms with Crippen molar-refractivity contribution >= 4 is 23.2 Å². The molecule has 2 nitrogen and oxygen atoms in total. The van der Waals surface area contributed by atoms with Crippen molar-refractivity contribution in [2.24, 2.45) is 0 Å². The summed E-state index contributed by atoms with van der Waals surface area (Å²) in [5.74, 6) is -0.383. The summed E-state index contributed by atoms with van der Waals surface area (Å²) in [6, 6.07) is -1.45. The number of hydrogen-bond acceptors (Lipinski definition) is 2. The van der Waals surface area contributed by atoms with Gasteiger partial charge in [0, 0.05) is 10.0 Å². The molecule has 0 N–H and O–H groups in total. The van der Waals surface area contributed by atoms with Crippen molar-refractivity contribution in [1.82, 2.24) is 0 Å². The van der Waals surface area contributed by atoms with E-state index in [-0.39, 0.29) is 15.8 Å². The Morgan fingerprint density at radius 3 is 1.89 bits per heavy atom. The summed E-state index contributed by atoms with van der Waals surface area (Å²) in [7, 11) is 0. The summed E-state index contributed by atoms with van der Waals surface area (Å²) < 4.78 is 66.9. The first kappa shape index (κ1) is 14.8. The van der Waals surface area contributed by atoms with Crippen LogP contribution in [0.15, 0.2) is 30.2 Å². The van der Waals surface area contributed by atoms with Crippen LogP contribution in [0.3, 0.4) is 0 Å². The second kappa shape index (κ2) is 5.62. The zero-order valence-electron chi connectivity index (χ0n) is 8.19. The molecule has 0 aliphatic heterocycles. The van der Waals surface area contributed by atoms with Crippen LogP contribution in [0.4, 0.5) is 22.0 Å². The van der Waals surface area contributed by atoms with Gasteiger partial charge in [0.25, 0.3) is 0 Å². The number of hydrogen-bond donors (Lipinski definition) is 0. The molecule has 0 unspecified atom stereocenters. The third kappa shape index (κ3) is 4.97. The summed E-state index contributed by atoms with van der Waals surface area (Å²) in [5, 5.41) is 0.0601. The van der Waals surface area contributed by atoms with Gasteiger partial charge in [0.05, 0.1) is 0 Å². The summed E-state index contributed by atoms with van der Waals surface area (Å²) in [6.45, 7) is 0. The molecule has 0 atom stereocenters. The van der Waals surface area contributed by atoms with Crippen LogP contribution in [-0.4, -0.2) is 6.36 Å². The lowest BCUT2D eigenvalue weighted by Gasteiger charge is -2.08. The van der Waals surface area contributed by atoms with E-state index in [1.165, 1.54) is 6.07 Å². The van der Waals surface area contributed by atoms with Crippen LogP contribution < -0.4 is 4.74 Å². The smallest absolute Gasteiger partial charge is 0.427 e. The van der Waals surface area contributed by atoms with Gasteiger partial charge in [-0.25, -0.2) is 0 Å². The van der Waals surface area contributed by atoms with Gasteiger partial charge in [0.15, 0.2) is 0 Å². The number of ether oxygens (including phenoxy) is 2. The first-order valence-corrected chi connectivity index (χ1v) is 4.88. The monoisotopic (exact) mass is 308 g/mol. The standard InChI is InChI=1S/C9H3Cl2F5O2/c10-4-1-5(11)3-6(2-4)17-7(12)8(13)18-9(14,15)16/h1-3H/b8-7+. The molecular weight excluding hydrogens is 306 g/mol. The zero-order chi connectivity index (χ0) is 13.9. The zero-order valence-corrected chi connectivity index (χ0v) is 9.71. The van der Waals surface area contributed by atoms with Crippen molar-refractivity contribution in [1.29, 1.82) is 0 Å². The molecule has 0 aliphatic rings. The molecule has 1 aromatic rings. The molecule has 0 bridgehead atoms. The highest BCUT2D eigenvalue weighted by atomic mass is 35.5. The molecule has 1 aromatic carbocycles. The fourth-order valence-corrected chi connectivity index (χ4v) is 1.38. The lowest BCUT2D eigenvalue weighted by atomic mass is 10.3. The molecule has 0 saturated carbocycles. The summed E-state index contributed by atoms with van der Waals surface area (Å²) >= 11 is 11.0. The largest absolute Gasteiger partial charge is 0.574 e. The first-order valence-electron chi connectivity index (χ1n) is 4.12. The molecule has 0 radical (unpaired) electrons. The Bertz CT molecular complexity index is 452. The van der Waals surface area contributed by atoms with Crippen LogP contribution in [0, 0.1) is 0 Å². The highest BCUT2D eigenvalue weighted by Gasteiger charge is 2.34. The molecule has 0 amide bonds. The molecule has 0 fully saturated rings. The Morgan fingerprint density at radius 2 is 1.44 bits per heavy atom. The van der Waals surface area contributed by atoms with E-state index in [1.54, 1.807) is 0 Å². The molecule has 9 heteroatoms. The molecule has 18 heavy (non-hydrogen) atoms. The second-order valence-corrected chi connectivity index (χ2v) is 3.68. The van der Waals surface area contributed by atoms with Gasteiger partial charge in [0.2, 0.25) is 0 Å². The van der Waals surface area contributed by atoms with Crippen LogP contribution in [0.25, 0.3) is 0 Å². The highest BCUT2D eigenvalue weighted by molar-refractivity contribution is 6.34. The van der Waals surface area contributed by atoms with E-state index in [9.17, 15) is 22.0 Å². The van der Waals surface area contributed by atoms with Gasteiger partial charge in [-0.15, -0.1) is 13.2 Å². The Hall–Kier alpha value is -1.21. The maximum Gasteiger partial charge on any atom is 0.574 e. The van der Waals surface area contributed by atoms with Crippen LogP contribution >= 0.6 is 23.2 Å². The maximum atomic E-state index is 12.8. The Labute approximate surface area is 107 Å². The maximum absolute atomic E-state index is 12.8. The quantitative estimate of drug-likeness (QED) is 0.579. The summed E-state index contributed by atoms with van der Waals surface area (Å²) in [5.41, 5.74) is 0. The molecule has 0 spiro atoms. The van der Waals surface area contributed by atoms with Gasteiger partial charge in [-0.1, -0.05) is 23.2 Å². The SMILES string of the molecule is F/C(Oc1cc(Cl)cc(Cl)c1)=C(/F)OC(F)(F)F. The number of benzene rings is 1. The summed E-state index contributed by atoms with van der Waals surface area (Å²) in [6.07, 6.45) is -5.36. The van der Waals surface area contributed by atoms with E-state index < -0.39 is 18.4 Å². The predicted molar refractivity (Wildman–Crippen MR) is 53.5 cm³/mol. The average Bonchev–Trinajstić information content (AvgIpc) is 2.12. The third-order valence-corrected chi connectivity index (χ3v) is 1.84. The van der Waals surface area contributed by atoms with Crippen molar-refractivity contribution < 1.29 is 31.4 Å². The Balaban J connectivity index is 2.86. The molecule has 0 saturated heterocycles. The number of alkyl halides is 3. The van der Waals surface area contributed by atoms with Gasteiger partial charge < -0.3 is 9.47 Å². The van der Waals surface area contributed by atoms with E-state index in [2.05, 4.69) is 9.47 Å². The van der Waals surface area contributed by atoms with E-state index in [4.69, 9.17) is 23.2 Å². The van der Waals surface area contributed by atoms with Gasteiger partial charge >= 0.3 is 18.4 Å².